The van der Waals surface area contributed by atoms with Crippen molar-refractivity contribution in [2.45, 2.75) is 143 Å². The maximum Gasteiger partial charge on any atom is 0.332 e. The molecule has 35 heteroatoms. The predicted molar refractivity (Wildman–Crippen MR) is 371 cm³/mol. The van der Waals surface area contributed by atoms with Crippen molar-refractivity contribution in [3.8, 4) is 0 Å². The molecule has 0 atom stereocenters. The molecule has 0 aliphatic carbocycles. The maximum absolute atomic E-state index is 13.3. The number of sulfonamides is 2. The zero-order valence-corrected chi connectivity index (χ0v) is 59.1. The van der Waals surface area contributed by atoms with Crippen LogP contribution >= 0.6 is 45.5 Å². The first-order chi connectivity index (χ1) is 44.0. The van der Waals surface area contributed by atoms with Crippen LogP contribution < -0.4 is 48.9 Å². The number of aromatic nitrogens is 12. The number of imidazole rings is 3. The van der Waals surface area contributed by atoms with E-state index in [2.05, 4.69) is 24.4 Å². The summed E-state index contributed by atoms with van der Waals surface area (Å²) in [6.45, 7) is 14.3. The Morgan fingerprint density at radius 2 is 0.734 bits per heavy atom. The van der Waals surface area contributed by atoms with Crippen molar-refractivity contribution in [3.05, 3.63) is 167 Å². The van der Waals surface area contributed by atoms with Gasteiger partial charge in [-0.25, -0.2) is 39.6 Å². The van der Waals surface area contributed by atoms with Gasteiger partial charge in [0.1, 0.15) is 0 Å². The lowest BCUT2D eigenvalue weighted by atomic mass is 10.2. The van der Waals surface area contributed by atoms with E-state index in [0.29, 0.717) is 45.7 Å². The van der Waals surface area contributed by atoms with E-state index in [9.17, 15) is 54.0 Å². The number of rotatable bonds is 22. The lowest BCUT2D eigenvalue weighted by Gasteiger charge is -2.13. The van der Waals surface area contributed by atoms with Gasteiger partial charge >= 0.3 is 17.1 Å². The summed E-state index contributed by atoms with van der Waals surface area (Å²) in [7, 11) is -1.34. The molecule has 6 aromatic heterocycles. The van der Waals surface area contributed by atoms with Crippen LogP contribution in [0.5, 0.6) is 0 Å². The number of nitrogens with one attached hydrogen (secondary N) is 2. The molecule has 0 aliphatic heterocycles. The van der Waals surface area contributed by atoms with E-state index in [4.69, 9.17) is 56.3 Å². The normalized spacial score (nSPS) is 11.9. The number of halogens is 4. The molecule has 3 aromatic carbocycles. The minimum Gasteiger partial charge on any atom is -0.396 e. The van der Waals surface area contributed by atoms with Gasteiger partial charge in [0.15, 0.2) is 33.5 Å². The van der Waals surface area contributed by atoms with Crippen LogP contribution in [0.3, 0.4) is 0 Å². The van der Waals surface area contributed by atoms with Gasteiger partial charge in [-0.15, -0.1) is 0 Å². The molecule has 0 fully saturated rings. The van der Waals surface area contributed by atoms with Gasteiger partial charge in [0.25, 0.3) is 16.7 Å². The second-order valence-corrected chi connectivity index (χ2v) is 31.6. The fraction of sp³-hybridized carbons (Fsp3) is 0.441. The highest BCUT2D eigenvalue weighted by molar-refractivity contribution is 8.14. The van der Waals surface area contributed by atoms with Gasteiger partial charge in [-0.3, -0.25) is 60.4 Å². The van der Waals surface area contributed by atoms with Crippen LogP contribution in [-0.4, -0.2) is 109 Å². The Labute approximate surface area is 561 Å². The van der Waals surface area contributed by atoms with Gasteiger partial charge in [-0.05, 0) is 114 Å². The van der Waals surface area contributed by atoms with Crippen molar-refractivity contribution in [2.24, 2.45) is 21.1 Å². The first kappa shape index (κ1) is 75.5. The van der Waals surface area contributed by atoms with E-state index in [1.807, 2.05) is 26.0 Å². The van der Waals surface area contributed by atoms with Gasteiger partial charge in [0, 0.05) is 73.1 Å². The average molecular weight is 1440 g/mol. The number of aryl methyl sites for hydroxylation is 3. The minimum atomic E-state index is -3.76. The molecule has 9 rings (SSSR count). The highest BCUT2D eigenvalue weighted by Crippen LogP contribution is 2.24. The number of nitrogen functional groups attached to an aromatic ring is 1. The third-order valence-electron chi connectivity index (χ3n) is 14.8. The summed E-state index contributed by atoms with van der Waals surface area (Å²) in [5.74, 6) is 0.120. The van der Waals surface area contributed by atoms with Crippen molar-refractivity contribution in [1.29, 1.82) is 0 Å². The maximum atomic E-state index is 13.3. The fourth-order valence-corrected chi connectivity index (χ4v) is 10.7. The van der Waals surface area contributed by atoms with Crippen molar-refractivity contribution in [2.75, 3.05) is 21.8 Å². The summed E-state index contributed by atoms with van der Waals surface area (Å²) in [4.78, 5) is 90.1. The highest BCUT2D eigenvalue weighted by Gasteiger charge is 2.28. The third-order valence-corrected chi connectivity index (χ3v) is 21.1. The van der Waals surface area contributed by atoms with Crippen LogP contribution in [0.2, 0.25) is 15.1 Å². The molecule has 0 bridgehead atoms. The Bertz CT molecular complexity index is 4730. The largest absolute Gasteiger partial charge is 0.396 e. The second kappa shape index (κ2) is 31.8. The summed E-state index contributed by atoms with van der Waals surface area (Å²) < 4.78 is 87.1. The van der Waals surface area contributed by atoms with Crippen LogP contribution in [-0.2, 0) is 89.5 Å². The number of benzene rings is 3. The molecule has 94 heavy (non-hydrogen) atoms. The van der Waals surface area contributed by atoms with E-state index in [0.717, 1.165) is 40.5 Å². The number of aliphatic hydroxyl groups is 1. The number of aliphatic hydroxyl groups excluding tert-OH is 1. The van der Waals surface area contributed by atoms with E-state index in [1.165, 1.54) is 73.8 Å². The number of hydrogen-bond acceptors (Lipinski definition) is 17. The predicted octanol–water partition coefficient (Wildman–Crippen LogP) is 6.62. The molecule has 6 heterocycles. The smallest absolute Gasteiger partial charge is 0.332 e. The van der Waals surface area contributed by atoms with Crippen LogP contribution in [0.4, 0.5) is 17.8 Å². The summed E-state index contributed by atoms with van der Waals surface area (Å²) in [5.41, 5.74) is 6.66. The number of anilines is 3. The number of unbranched alkanes of at least 4 members (excludes halogenated alkanes) is 2. The van der Waals surface area contributed by atoms with E-state index >= 15 is 0 Å². The van der Waals surface area contributed by atoms with E-state index in [-0.39, 0.29) is 90.6 Å². The second-order valence-electron chi connectivity index (χ2n) is 22.6. The number of nitrogens with zero attached hydrogens (tertiary/aromatic N) is 12. The molecule has 0 saturated heterocycles. The van der Waals surface area contributed by atoms with Crippen molar-refractivity contribution in [3.63, 3.8) is 0 Å². The molecule has 9 aromatic rings. The lowest BCUT2D eigenvalue weighted by Crippen LogP contribution is -2.40. The SMILES string of the molecule is CC(C)S(=O)(=O)Cl.CC(C)S(=O)(=O)Nc1nc2c(c(=O)n(CCCO)c(=O)n2C)n1Cc1ccc(Cl)cc1.CCCCn1c(=O)c2c(nc(N)n2Cc2ccc(Cl)cc2)n(C)c1=O.CCCCn1c(=O)c2c(nc(NS(=O)(=O)C(C)C)n2Cc2ccc(Cl)cc2)n(C)c1=O. The summed E-state index contributed by atoms with van der Waals surface area (Å²) in [5, 5.41) is 8.94. The Balaban J connectivity index is 0.000000213. The molecular formula is C59H77Cl4N15O13S3. The van der Waals surface area contributed by atoms with Crippen LogP contribution in [0.1, 0.15) is 104 Å². The van der Waals surface area contributed by atoms with Crippen molar-refractivity contribution in [1.82, 2.24) is 56.1 Å². The molecule has 0 saturated carbocycles. The molecule has 0 radical (unpaired) electrons. The molecule has 512 valence electrons. The molecule has 0 aliphatic rings. The van der Waals surface area contributed by atoms with Gasteiger partial charge in [0.2, 0.25) is 46.9 Å². The number of hydrogen-bond donors (Lipinski definition) is 4. The summed E-state index contributed by atoms with van der Waals surface area (Å²) >= 11 is 17.8. The molecule has 0 unspecified atom stereocenters. The van der Waals surface area contributed by atoms with Gasteiger partial charge < -0.3 is 15.4 Å². The van der Waals surface area contributed by atoms with Crippen LogP contribution in [0.25, 0.3) is 33.5 Å². The monoisotopic (exact) mass is 1440 g/mol. The minimum absolute atomic E-state index is 0.0148. The van der Waals surface area contributed by atoms with Crippen molar-refractivity contribution < 1.29 is 30.4 Å². The van der Waals surface area contributed by atoms with E-state index in [1.54, 1.807) is 86.1 Å². The molecule has 28 nitrogen and oxygen atoms in total. The van der Waals surface area contributed by atoms with Crippen LogP contribution in [0, 0.1) is 0 Å². The first-order valence-electron chi connectivity index (χ1n) is 29.7. The van der Waals surface area contributed by atoms with Gasteiger partial charge in [0.05, 0.1) is 35.4 Å². The standard InChI is InChI=1S/C20H26ClN5O4S.C19H24ClN5O5S.C17H20ClN5O2.C3H7ClO2S/c1-5-6-11-25-18(27)16-17(24(4)20(25)28)22-19(23-31(29,30)13(2)3)26(16)12-14-7-9-15(21)10-8-14;1-12(2)31(29,30)22-18-21-16-15(25(18)11-13-5-7-14(20)8-6-13)17(27)24(9-4-10-26)19(28)23(16)3;1-3-4-9-22-15(24)13-14(21(2)17(22)25)20-16(19)23(13)10-11-5-7-12(18)8-6-11;1-3(2)7(4,5)6/h7-10,13H,5-6,11-12H2,1-4H3,(H,22,23);5-8,12,26H,4,9-11H2,1-3H3,(H,21,22);5-8H,3-4,9-10H2,1-2H3,(H2,19,20);3H,1-2H3. The quantitative estimate of drug-likeness (QED) is 0.0518. The summed E-state index contributed by atoms with van der Waals surface area (Å²) in [6.07, 6.45) is 3.34. The topological polar surface area (TPSA) is 358 Å². The molecule has 5 N–H and O–H groups in total. The average Bonchev–Trinajstić information content (AvgIpc) is 1.59. The third kappa shape index (κ3) is 17.7. The Kier molecular flexibility index (Phi) is 25.6. The molecular weight excluding hydrogens is 1360 g/mol. The number of nitrogens with two attached hydrogens (primary N) is 1. The molecule has 0 spiro atoms. The lowest BCUT2D eigenvalue weighted by molar-refractivity contribution is 0.277. The van der Waals surface area contributed by atoms with E-state index < -0.39 is 67.3 Å². The first-order valence-corrected chi connectivity index (χ1v) is 36.3. The number of fused-ring (bicyclic) bond motifs is 3. The Hall–Kier alpha value is -7.52. The summed E-state index contributed by atoms with van der Waals surface area (Å²) in [6, 6.07) is 21.2. The Morgan fingerprint density at radius 3 is 1.01 bits per heavy atom. The fourth-order valence-electron chi connectivity index (χ4n) is 9.02. The van der Waals surface area contributed by atoms with Gasteiger partial charge in [-0.1, -0.05) is 97.9 Å². The highest BCUT2D eigenvalue weighted by atomic mass is 35.7. The van der Waals surface area contributed by atoms with Gasteiger partial charge in [-0.2, -0.15) is 15.0 Å². The Morgan fingerprint density at radius 1 is 0.457 bits per heavy atom. The molecule has 0 amide bonds. The van der Waals surface area contributed by atoms with Crippen molar-refractivity contribution >= 4 is 126 Å². The van der Waals surface area contributed by atoms with Crippen LogP contribution in [0.15, 0.2) is 102 Å². The zero-order chi connectivity index (χ0) is 70.1. The zero-order valence-electron chi connectivity index (χ0n) is 53.7.